The summed E-state index contributed by atoms with van der Waals surface area (Å²) in [6.07, 6.45) is 5.44. The van der Waals surface area contributed by atoms with E-state index in [1.165, 1.54) is 6.20 Å². The number of hydrogen-bond donors (Lipinski definition) is 1. The molecule has 1 saturated heterocycles. The topological polar surface area (TPSA) is 88.1 Å². The molecule has 0 atom stereocenters. The molecule has 7 nitrogen and oxygen atoms in total. The standard InChI is InChI=1S/C19H22N4O3/c24-17-6-5-16(14-3-4-14)21-23(17)12-13-7-10-22(11-8-13)19(26)15-2-1-9-20-18(15)25/h1-2,5-6,9,13-14H,3-4,7-8,10-12H2,(H,20,25). The highest BCUT2D eigenvalue weighted by atomic mass is 16.2. The number of likely N-dealkylation sites (tertiary alicyclic amines) is 1. The molecule has 1 aliphatic heterocycles. The van der Waals surface area contributed by atoms with Crippen LogP contribution in [0.25, 0.3) is 0 Å². The molecule has 2 aromatic heterocycles. The summed E-state index contributed by atoms with van der Waals surface area (Å²) >= 11 is 0. The number of aromatic nitrogens is 3. The molecule has 3 heterocycles. The lowest BCUT2D eigenvalue weighted by molar-refractivity contribution is 0.0678. The van der Waals surface area contributed by atoms with Crippen molar-refractivity contribution < 1.29 is 4.79 Å². The van der Waals surface area contributed by atoms with E-state index in [-0.39, 0.29) is 22.6 Å². The van der Waals surface area contributed by atoms with Crippen molar-refractivity contribution in [2.45, 2.75) is 38.1 Å². The maximum absolute atomic E-state index is 12.5. The van der Waals surface area contributed by atoms with Crippen molar-refractivity contribution in [2.75, 3.05) is 13.1 Å². The van der Waals surface area contributed by atoms with Gasteiger partial charge in [-0.1, -0.05) is 0 Å². The van der Waals surface area contributed by atoms with Crippen molar-refractivity contribution >= 4 is 5.91 Å². The summed E-state index contributed by atoms with van der Waals surface area (Å²) in [5.74, 6) is 0.606. The number of pyridine rings is 1. The molecular weight excluding hydrogens is 332 g/mol. The van der Waals surface area contributed by atoms with Gasteiger partial charge in [0.15, 0.2) is 0 Å². The molecule has 0 radical (unpaired) electrons. The molecular formula is C19H22N4O3. The molecule has 136 valence electrons. The Kier molecular flexibility index (Phi) is 4.44. The Morgan fingerprint density at radius 2 is 1.88 bits per heavy atom. The van der Waals surface area contributed by atoms with Crippen LogP contribution in [0.5, 0.6) is 0 Å². The summed E-state index contributed by atoms with van der Waals surface area (Å²) in [6, 6.07) is 6.67. The Bertz CT molecular complexity index is 921. The van der Waals surface area contributed by atoms with E-state index in [9.17, 15) is 14.4 Å². The summed E-state index contributed by atoms with van der Waals surface area (Å²) < 4.78 is 1.58. The Morgan fingerprint density at radius 1 is 1.12 bits per heavy atom. The largest absolute Gasteiger partial charge is 0.338 e. The summed E-state index contributed by atoms with van der Waals surface area (Å²) in [4.78, 5) is 40.6. The van der Waals surface area contributed by atoms with E-state index in [1.807, 2.05) is 6.07 Å². The SMILES string of the molecule is O=C(c1ccc[nH]c1=O)N1CCC(Cn2nc(C3CC3)ccc2=O)CC1. The fourth-order valence-corrected chi connectivity index (χ4v) is 3.52. The maximum Gasteiger partial charge on any atom is 0.266 e. The highest BCUT2D eigenvalue weighted by Crippen LogP contribution is 2.38. The monoisotopic (exact) mass is 354 g/mol. The fourth-order valence-electron chi connectivity index (χ4n) is 3.52. The molecule has 0 unspecified atom stereocenters. The van der Waals surface area contributed by atoms with Gasteiger partial charge in [0.2, 0.25) is 0 Å². The van der Waals surface area contributed by atoms with Crippen LogP contribution in [-0.2, 0) is 6.54 Å². The van der Waals surface area contributed by atoms with E-state index in [4.69, 9.17) is 0 Å². The van der Waals surface area contributed by atoms with Crippen molar-refractivity contribution in [3.05, 3.63) is 62.4 Å². The maximum atomic E-state index is 12.5. The molecule has 1 N–H and O–H groups in total. The first-order valence-corrected chi connectivity index (χ1v) is 9.17. The number of H-pyrrole nitrogens is 1. The first-order chi connectivity index (χ1) is 12.6. The highest BCUT2D eigenvalue weighted by Gasteiger charge is 2.27. The number of hydrogen-bond acceptors (Lipinski definition) is 4. The number of aromatic amines is 1. The predicted molar refractivity (Wildman–Crippen MR) is 96.2 cm³/mol. The Balaban J connectivity index is 1.39. The molecule has 2 fully saturated rings. The molecule has 26 heavy (non-hydrogen) atoms. The van der Waals surface area contributed by atoms with Crippen LogP contribution in [0.2, 0.25) is 0 Å². The third-order valence-corrected chi connectivity index (χ3v) is 5.26. The first-order valence-electron chi connectivity index (χ1n) is 9.17. The lowest BCUT2D eigenvalue weighted by Gasteiger charge is -2.32. The summed E-state index contributed by atoms with van der Waals surface area (Å²) in [6.45, 7) is 1.77. The zero-order valence-electron chi connectivity index (χ0n) is 14.6. The van der Waals surface area contributed by atoms with Crippen LogP contribution >= 0.6 is 0 Å². The van der Waals surface area contributed by atoms with Gasteiger partial charge in [0, 0.05) is 37.8 Å². The zero-order valence-corrected chi connectivity index (χ0v) is 14.6. The molecule has 2 aromatic rings. The summed E-state index contributed by atoms with van der Waals surface area (Å²) in [5, 5.41) is 4.52. The minimum atomic E-state index is -0.354. The van der Waals surface area contributed by atoms with Gasteiger partial charge in [-0.05, 0) is 49.8 Å². The molecule has 7 heteroatoms. The van der Waals surface area contributed by atoms with Gasteiger partial charge in [-0.3, -0.25) is 14.4 Å². The average Bonchev–Trinajstić information content (AvgIpc) is 3.49. The quantitative estimate of drug-likeness (QED) is 0.898. The average molecular weight is 354 g/mol. The minimum Gasteiger partial charge on any atom is -0.338 e. The van der Waals surface area contributed by atoms with Crippen LogP contribution in [0.3, 0.4) is 0 Å². The van der Waals surface area contributed by atoms with Gasteiger partial charge in [-0.2, -0.15) is 5.10 Å². The third kappa shape index (κ3) is 3.47. The zero-order chi connectivity index (χ0) is 18.1. The number of carbonyl (C=O) groups is 1. The molecule has 0 bridgehead atoms. The third-order valence-electron chi connectivity index (χ3n) is 5.26. The molecule has 1 saturated carbocycles. The van der Waals surface area contributed by atoms with Crippen LogP contribution in [0.4, 0.5) is 0 Å². The van der Waals surface area contributed by atoms with Crippen molar-refractivity contribution in [1.29, 1.82) is 0 Å². The van der Waals surface area contributed by atoms with Crippen molar-refractivity contribution in [3.63, 3.8) is 0 Å². The van der Waals surface area contributed by atoms with E-state index in [2.05, 4.69) is 10.1 Å². The van der Waals surface area contributed by atoms with E-state index in [0.717, 1.165) is 31.4 Å². The number of amides is 1. The van der Waals surface area contributed by atoms with Crippen molar-refractivity contribution in [1.82, 2.24) is 19.7 Å². The Hall–Kier alpha value is -2.70. The highest BCUT2D eigenvalue weighted by molar-refractivity contribution is 5.93. The molecule has 0 spiro atoms. The predicted octanol–water partition coefficient (Wildman–Crippen LogP) is 1.36. The number of nitrogens with zero attached hydrogens (tertiary/aromatic N) is 3. The van der Waals surface area contributed by atoms with Crippen molar-refractivity contribution in [2.24, 2.45) is 5.92 Å². The second-order valence-corrected chi connectivity index (χ2v) is 7.20. The fraction of sp³-hybridized carbons (Fsp3) is 0.474. The molecule has 2 aliphatic rings. The minimum absolute atomic E-state index is 0.0660. The number of carbonyl (C=O) groups excluding carboxylic acids is 1. The smallest absolute Gasteiger partial charge is 0.266 e. The van der Waals surface area contributed by atoms with E-state index in [0.29, 0.717) is 31.5 Å². The van der Waals surface area contributed by atoms with Gasteiger partial charge in [0.25, 0.3) is 17.0 Å². The van der Waals surface area contributed by atoms with Crippen LogP contribution in [0.1, 0.15) is 47.7 Å². The second-order valence-electron chi connectivity index (χ2n) is 7.20. The van der Waals surface area contributed by atoms with Gasteiger partial charge in [0.05, 0.1) is 5.69 Å². The van der Waals surface area contributed by atoms with Gasteiger partial charge < -0.3 is 9.88 Å². The van der Waals surface area contributed by atoms with Gasteiger partial charge in [-0.15, -0.1) is 0 Å². The number of piperidine rings is 1. The van der Waals surface area contributed by atoms with Gasteiger partial charge >= 0.3 is 0 Å². The first kappa shape index (κ1) is 16.8. The Morgan fingerprint density at radius 3 is 2.58 bits per heavy atom. The molecule has 1 amide bonds. The normalized spacial score (nSPS) is 18.1. The lowest BCUT2D eigenvalue weighted by Crippen LogP contribution is -2.42. The molecule has 0 aromatic carbocycles. The Labute approximate surface area is 150 Å². The lowest BCUT2D eigenvalue weighted by atomic mass is 9.96. The van der Waals surface area contributed by atoms with Crippen LogP contribution in [-0.4, -0.2) is 38.7 Å². The van der Waals surface area contributed by atoms with Crippen LogP contribution in [0.15, 0.2) is 40.1 Å². The van der Waals surface area contributed by atoms with Crippen LogP contribution < -0.4 is 11.1 Å². The number of nitrogens with one attached hydrogen (secondary N) is 1. The summed E-state index contributed by atoms with van der Waals surface area (Å²) in [5.41, 5.74) is 0.775. The molecule has 1 aliphatic carbocycles. The summed E-state index contributed by atoms with van der Waals surface area (Å²) in [7, 11) is 0. The van der Waals surface area contributed by atoms with E-state index in [1.54, 1.807) is 27.8 Å². The van der Waals surface area contributed by atoms with E-state index < -0.39 is 0 Å². The second kappa shape index (κ2) is 6.90. The number of rotatable bonds is 4. The molecule has 4 rings (SSSR count). The van der Waals surface area contributed by atoms with E-state index >= 15 is 0 Å². The van der Waals surface area contributed by atoms with Gasteiger partial charge in [0.1, 0.15) is 5.56 Å². The van der Waals surface area contributed by atoms with Crippen LogP contribution in [0, 0.1) is 5.92 Å². The van der Waals surface area contributed by atoms with Crippen molar-refractivity contribution in [3.8, 4) is 0 Å². The van der Waals surface area contributed by atoms with Gasteiger partial charge in [-0.25, -0.2) is 4.68 Å².